The number of carbonyl (C=O) groups is 2. The normalized spacial score (nSPS) is 19.6. The molecule has 1 aliphatic rings. The van der Waals surface area contributed by atoms with Crippen LogP contribution in [-0.2, 0) is 0 Å². The van der Waals surface area contributed by atoms with Crippen molar-refractivity contribution in [3.63, 3.8) is 0 Å². The molecule has 6 nitrogen and oxygen atoms in total. The molecule has 156 valence electrons. The molecule has 0 aliphatic heterocycles. The average molecular weight is 406 g/mol. The van der Waals surface area contributed by atoms with Gasteiger partial charge in [-0.15, -0.1) is 0 Å². The summed E-state index contributed by atoms with van der Waals surface area (Å²) in [7, 11) is 0. The summed E-state index contributed by atoms with van der Waals surface area (Å²) in [5.74, 6) is 0.189. The molecule has 1 saturated carbocycles. The van der Waals surface area contributed by atoms with Gasteiger partial charge in [0.25, 0.3) is 5.91 Å². The molecule has 1 aromatic carbocycles. The zero-order valence-corrected chi connectivity index (χ0v) is 17.2. The maximum Gasteiger partial charge on any atom is 0.251 e. The first kappa shape index (κ1) is 20.3. The summed E-state index contributed by atoms with van der Waals surface area (Å²) in [5, 5.41) is 14.1. The standard InChI is InChI=1S/C24H26N2O4/c1-24(2,29)18-7-9-19(10-8-18)26-23(28)16-5-3-15(4-6-16)21-20-11-12-30-22(20)17(14-27)13-25-21/h3-6,11-14,18-19,29H,7-10H2,1-2H3,(H,26,28)/t18-,19-. The van der Waals surface area contributed by atoms with Crippen molar-refractivity contribution in [1.29, 1.82) is 0 Å². The van der Waals surface area contributed by atoms with Crippen LogP contribution in [0, 0.1) is 5.92 Å². The molecule has 30 heavy (non-hydrogen) atoms. The van der Waals surface area contributed by atoms with Gasteiger partial charge in [0.2, 0.25) is 0 Å². The summed E-state index contributed by atoms with van der Waals surface area (Å²) in [6, 6.07) is 9.21. The number of nitrogens with one attached hydrogen (secondary N) is 1. The summed E-state index contributed by atoms with van der Waals surface area (Å²) in [6.07, 6.45) is 7.35. The quantitative estimate of drug-likeness (QED) is 0.614. The van der Waals surface area contributed by atoms with Crippen LogP contribution in [0.1, 0.15) is 60.2 Å². The third kappa shape index (κ3) is 4.00. The molecular formula is C24H26N2O4. The molecule has 0 spiro atoms. The Morgan fingerprint density at radius 2 is 1.87 bits per heavy atom. The van der Waals surface area contributed by atoms with Gasteiger partial charge < -0.3 is 14.8 Å². The summed E-state index contributed by atoms with van der Waals surface area (Å²) in [6.45, 7) is 3.72. The Bertz CT molecular complexity index is 1050. The van der Waals surface area contributed by atoms with Crippen molar-refractivity contribution in [1.82, 2.24) is 10.3 Å². The summed E-state index contributed by atoms with van der Waals surface area (Å²) >= 11 is 0. The second-order valence-corrected chi connectivity index (χ2v) is 8.60. The van der Waals surface area contributed by atoms with Crippen LogP contribution in [-0.4, -0.2) is 33.9 Å². The lowest BCUT2D eigenvalue weighted by Gasteiger charge is -2.36. The fraction of sp³-hybridized carbons (Fsp3) is 0.375. The highest BCUT2D eigenvalue weighted by molar-refractivity contribution is 6.01. The highest BCUT2D eigenvalue weighted by atomic mass is 16.3. The highest BCUT2D eigenvalue weighted by Crippen LogP contribution is 2.33. The number of fused-ring (bicyclic) bond motifs is 1. The Hall–Kier alpha value is -2.99. The summed E-state index contributed by atoms with van der Waals surface area (Å²) in [4.78, 5) is 28.2. The number of aliphatic hydroxyl groups is 1. The first-order chi connectivity index (χ1) is 14.4. The number of carbonyl (C=O) groups excluding carboxylic acids is 2. The maximum atomic E-state index is 12.7. The van der Waals surface area contributed by atoms with Crippen molar-refractivity contribution in [2.45, 2.75) is 51.2 Å². The Balaban J connectivity index is 1.45. The zero-order chi connectivity index (χ0) is 21.3. The SMILES string of the molecule is CC(C)(O)[C@H]1CC[C@H](NC(=O)c2ccc(-c3ncc(C=O)c4occc34)cc2)CC1. The van der Waals surface area contributed by atoms with E-state index in [4.69, 9.17) is 4.42 Å². The molecule has 1 fully saturated rings. The molecule has 0 radical (unpaired) electrons. The maximum absolute atomic E-state index is 12.7. The van der Waals surface area contributed by atoms with Crippen molar-refractivity contribution in [3.05, 3.63) is 53.9 Å². The Kier molecular flexibility index (Phi) is 5.43. The molecule has 2 heterocycles. The molecule has 0 atom stereocenters. The first-order valence-electron chi connectivity index (χ1n) is 10.3. The predicted octanol–water partition coefficient (Wildman–Crippen LogP) is 4.37. The lowest BCUT2D eigenvalue weighted by Crippen LogP contribution is -2.41. The minimum atomic E-state index is -0.664. The Morgan fingerprint density at radius 1 is 1.17 bits per heavy atom. The van der Waals surface area contributed by atoms with Gasteiger partial charge in [-0.3, -0.25) is 14.6 Å². The molecule has 2 N–H and O–H groups in total. The van der Waals surface area contributed by atoms with E-state index in [9.17, 15) is 14.7 Å². The second kappa shape index (κ2) is 8.03. The molecular weight excluding hydrogens is 380 g/mol. The van der Waals surface area contributed by atoms with E-state index in [1.165, 1.54) is 12.5 Å². The third-order valence-corrected chi connectivity index (χ3v) is 6.12. The van der Waals surface area contributed by atoms with Gasteiger partial charge in [-0.2, -0.15) is 0 Å². The number of nitrogens with zero attached hydrogens (tertiary/aromatic N) is 1. The van der Waals surface area contributed by atoms with E-state index < -0.39 is 5.60 Å². The van der Waals surface area contributed by atoms with Crippen molar-refractivity contribution >= 4 is 23.2 Å². The molecule has 0 unspecified atom stereocenters. The van der Waals surface area contributed by atoms with Crippen LogP contribution in [0.15, 0.2) is 47.2 Å². The number of hydrogen-bond acceptors (Lipinski definition) is 5. The van der Waals surface area contributed by atoms with Gasteiger partial charge >= 0.3 is 0 Å². The number of aromatic nitrogens is 1. The fourth-order valence-corrected chi connectivity index (χ4v) is 4.29. The van der Waals surface area contributed by atoms with Crippen LogP contribution in [0.2, 0.25) is 0 Å². The molecule has 1 amide bonds. The van der Waals surface area contributed by atoms with Crippen LogP contribution in [0.5, 0.6) is 0 Å². The molecule has 0 bridgehead atoms. The second-order valence-electron chi connectivity index (χ2n) is 8.60. The first-order valence-corrected chi connectivity index (χ1v) is 10.3. The monoisotopic (exact) mass is 406 g/mol. The summed E-state index contributed by atoms with van der Waals surface area (Å²) in [5.41, 5.74) is 2.41. The van der Waals surface area contributed by atoms with Gasteiger partial charge in [-0.05, 0) is 63.6 Å². The lowest BCUT2D eigenvalue weighted by atomic mass is 9.77. The van der Waals surface area contributed by atoms with E-state index in [1.807, 2.05) is 26.0 Å². The zero-order valence-electron chi connectivity index (χ0n) is 17.2. The minimum absolute atomic E-state index is 0.0917. The van der Waals surface area contributed by atoms with Gasteiger partial charge in [-0.1, -0.05) is 12.1 Å². The molecule has 2 aromatic heterocycles. The molecule has 6 heteroatoms. The number of amides is 1. The number of rotatable bonds is 5. The Morgan fingerprint density at radius 3 is 2.50 bits per heavy atom. The van der Waals surface area contributed by atoms with Crippen LogP contribution >= 0.6 is 0 Å². The lowest BCUT2D eigenvalue weighted by molar-refractivity contribution is -0.00257. The number of benzene rings is 1. The van der Waals surface area contributed by atoms with Gasteiger partial charge in [0.05, 0.1) is 23.1 Å². The van der Waals surface area contributed by atoms with Crippen LogP contribution < -0.4 is 5.32 Å². The Labute approximate surface area is 175 Å². The molecule has 1 aliphatic carbocycles. The van der Waals surface area contributed by atoms with Crippen LogP contribution in [0.3, 0.4) is 0 Å². The van der Waals surface area contributed by atoms with E-state index in [-0.39, 0.29) is 17.9 Å². The molecule has 3 aromatic rings. The van der Waals surface area contributed by atoms with Gasteiger partial charge in [0.15, 0.2) is 6.29 Å². The van der Waals surface area contributed by atoms with Crippen LogP contribution in [0.25, 0.3) is 22.2 Å². The summed E-state index contributed by atoms with van der Waals surface area (Å²) < 4.78 is 5.43. The van der Waals surface area contributed by atoms with E-state index in [0.717, 1.165) is 42.9 Å². The van der Waals surface area contributed by atoms with E-state index in [1.54, 1.807) is 18.2 Å². The third-order valence-electron chi connectivity index (χ3n) is 6.12. The van der Waals surface area contributed by atoms with Crippen molar-refractivity contribution in [3.8, 4) is 11.3 Å². The van der Waals surface area contributed by atoms with Crippen molar-refractivity contribution in [2.75, 3.05) is 0 Å². The number of furan rings is 1. The van der Waals surface area contributed by atoms with Crippen LogP contribution in [0.4, 0.5) is 0 Å². The van der Waals surface area contributed by atoms with E-state index in [0.29, 0.717) is 22.4 Å². The van der Waals surface area contributed by atoms with Gasteiger partial charge in [0.1, 0.15) is 5.58 Å². The average Bonchev–Trinajstić information content (AvgIpc) is 3.23. The van der Waals surface area contributed by atoms with Gasteiger partial charge in [-0.25, -0.2) is 0 Å². The largest absolute Gasteiger partial charge is 0.463 e. The molecule has 0 saturated heterocycles. The smallest absolute Gasteiger partial charge is 0.251 e. The van der Waals surface area contributed by atoms with Crippen molar-refractivity contribution < 1.29 is 19.1 Å². The number of pyridine rings is 1. The van der Waals surface area contributed by atoms with Gasteiger partial charge in [0, 0.05) is 28.8 Å². The highest BCUT2D eigenvalue weighted by Gasteiger charge is 2.31. The topological polar surface area (TPSA) is 92.4 Å². The predicted molar refractivity (Wildman–Crippen MR) is 114 cm³/mol. The van der Waals surface area contributed by atoms with E-state index >= 15 is 0 Å². The number of aldehydes is 1. The minimum Gasteiger partial charge on any atom is -0.463 e. The fourth-order valence-electron chi connectivity index (χ4n) is 4.29. The van der Waals surface area contributed by atoms with Crippen molar-refractivity contribution in [2.24, 2.45) is 5.92 Å². The molecule has 4 rings (SSSR count). The van der Waals surface area contributed by atoms with E-state index in [2.05, 4.69) is 10.3 Å². The number of hydrogen-bond donors (Lipinski definition) is 2.